The van der Waals surface area contributed by atoms with Crippen LogP contribution in [0.25, 0.3) is 0 Å². The molecular formula is C9H12N2O4S. The summed E-state index contributed by atoms with van der Waals surface area (Å²) >= 11 is 4.83. The van der Waals surface area contributed by atoms with Crippen LogP contribution in [0.4, 0.5) is 0 Å². The fraction of sp³-hybridized carbons (Fsp3) is 0.444. The van der Waals surface area contributed by atoms with E-state index in [4.69, 9.17) is 17.0 Å². The number of hydrogen-bond acceptors (Lipinski definition) is 5. The molecule has 1 aromatic rings. The number of rotatable bonds is 4. The largest absolute Gasteiger partial charge is 0.466 e. The number of esters is 2. The third kappa shape index (κ3) is 2.93. The molecule has 0 bridgehead atoms. The molecular weight excluding hydrogens is 232 g/mol. The van der Waals surface area contributed by atoms with Gasteiger partial charge in [0.15, 0.2) is 4.77 Å². The maximum Gasteiger partial charge on any atom is 0.356 e. The van der Waals surface area contributed by atoms with E-state index in [9.17, 15) is 9.59 Å². The van der Waals surface area contributed by atoms with Gasteiger partial charge in [-0.05, 0) is 19.1 Å². The average molecular weight is 244 g/mol. The molecule has 0 aromatic carbocycles. The van der Waals surface area contributed by atoms with Crippen LogP contribution in [0.15, 0.2) is 0 Å². The molecule has 16 heavy (non-hydrogen) atoms. The zero-order valence-corrected chi connectivity index (χ0v) is 9.77. The first kappa shape index (κ1) is 12.4. The van der Waals surface area contributed by atoms with Gasteiger partial charge in [-0.25, -0.2) is 4.79 Å². The molecule has 2 N–H and O–H groups in total. The van der Waals surface area contributed by atoms with Crippen molar-refractivity contribution in [2.45, 2.75) is 13.3 Å². The number of carbonyl (C=O) groups is 2. The molecule has 7 heteroatoms. The van der Waals surface area contributed by atoms with E-state index in [-0.39, 0.29) is 23.5 Å². The second kappa shape index (κ2) is 5.45. The number of hydrogen-bond donors (Lipinski definition) is 2. The summed E-state index contributed by atoms with van der Waals surface area (Å²) < 4.78 is 9.57. The lowest BCUT2D eigenvalue weighted by molar-refractivity contribution is -0.142. The molecule has 0 aliphatic carbocycles. The van der Waals surface area contributed by atoms with Crippen LogP contribution in [0, 0.1) is 4.77 Å². The number of carbonyl (C=O) groups excluding carboxylic acids is 2. The number of aromatic nitrogens is 2. The Bertz CT molecular complexity index is 449. The van der Waals surface area contributed by atoms with Gasteiger partial charge in [-0.3, -0.25) is 4.79 Å². The topological polar surface area (TPSA) is 84.2 Å². The molecule has 0 aliphatic rings. The molecule has 0 saturated heterocycles. The molecule has 0 amide bonds. The first-order valence-electron chi connectivity index (χ1n) is 4.63. The van der Waals surface area contributed by atoms with Crippen LogP contribution >= 0.6 is 12.2 Å². The number of imidazole rings is 1. The summed E-state index contributed by atoms with van der Waals surface area (Å²) in [6.45, 7) is 2.00. The molecule has 1 aromatic heterocycles. The minimum atomic E-state index is -0.577. The predicted octanol–water partition coefficient (Wildman–Crippen LogP) is 0.964. The van der Waals surface area contributed by atoms with Crippen LogP contribution in [-0.4, -0.2) is 35.6 Å². The van der Waals surface area contributed by atoms with Gasteiger partial charge in [0.2, 0.25) is 0 Å². The first-order chi connectivity index (χ1) is 7.58. The Hall–Kier alpha value is -1.63. The van der Waals surface area contributed by atoms with Crippen molar-refractivity contribution < 1.29 is 19.1 Å². The van der Waals surface area contributed by atoms with E-state index >= 15 is 0 Å². The lowest BCUT2D eigenvalue weighted by Crippen LogP contribution is -2.12. The van der Waals surface area contributed by atoms with Crippen molar-refractivity contribution in [1.82, 2.24) is 9.97 Å². The van der Waals surface area contributed by atoms with Gasteiger partial charge in [0.25, 0.3) is 0 Å². The second-order valence-electron chi connectivity index (χ2n) is 2.91. The second-order valence-corrected chi connectivity index (χ2v) is 3.31. The Morgan fingerprint density at radius 1 is 1.38 bits per heavy atom. The fourth-order valence-electron chi connectivity index (χ4n) is 1.19. The molecule has 1 heterocycles. The van der Waals surface area contributed by atoms with Gasteiger partial charge in [-0.1, -0.05) is 0 Å². The third-order valence-corrected chi connectivity index (χ3v) is 2.02. The number of aromatic amines is 2. The molecule has 6 nitrogen and oxygen atoms in total. The van der Waals surface area contributed by atoms with Crippen molar-refractivity contribution >= 4 is 24.2 Å². The minimum absolute atomic E-state index is 0.0502. The molecule has 0 aliphatic heterocycles. The van der Waals surface area contributed by atoms with Crippen LogP contribution in [-0.2, 0) is 20.7 Å². The molecule has 0 saturated carbocycles. The maximum absolute atomic E-state index is 11.3. The monoisotopic (exact) mass is 244 g/mol. The highest BCUT2D eigenvalue weighted by atomic mass is 32.1. The van der Waals surface area contributed by atoms with Crippen LogP contribution in [0.2, 0.25) is 0 Å². The van der Waals surface area contributed by atoms with Crippen LogP contribution < -0.4 is 0 Å². The SMILES string of the molecule is CCOC(=O)Cc1[nH]c(=S)[nH]c1C(=O)OC. The highest BCUT2D eigenvalue weighted by Gasteiger charge is 2.17. The van der Waals surface area contributed by atoms with Gasteiger partial charge in [-0.2, -0.15) is 0 Å². The normalized spacial score (nSPS) is 9.88. The quantitative estimate of drug-likeness (QED) is 0.609. The lowest BCUT2D eigenvalue weighted by Gasteiger charge is -2.01. The summed E-state index contributed by atoms with van der Waals surface area (Å²) in [6.07, 6.45) is -0.0502. The Morgan fingerprint density at radius 2 is 2.06 bits per heavy atom. The Balaban J connectivity index is 2.91. The molecule has 0 radical (unpaired) electrons. The summed E-state index contributed by atoms with van der Waals surface area (Å²) in [5, 5.41) is 0. The van der Waals surface area contributed by atoms with E-state index in [2.05, 4.69) is 14.7 Å². The van der Waals surface area contributed by atoms with Crippen LogP contribution in [0.5, 0.6) is 0 Å². The lowest BCUT2D eigenvalue weighted by atomic mass is 10.2. The van der Waals surface area contributed by atoms with Crippen molar-refractivity contribution in [3.63, 3.8) is 0 Å². The number of methoxy groups -OCH3 is 1. The van der Waals surface area contributed by atoms with Crippen LogP contribution in [0.3, 0.4) is 0 Å². The Morgan fingerprint density at radius 3 is 2.62 bits per heavy atom. The van der Waals surface area contributed by atoms with Gasteiger partial charge in [0.1, 0.15) is 5.69 Å². The smallest absolute Gasteiger partial charge is 0.356 e. The van der Waals surface area contributed by atoms with Gasteiger partial charge in [0.05, 0.1) is 25.8 Å². The van der Waals surface area contributed by atoms with Gasteiger partial charge in [0, 0.05) is 0 Å². The molecule has 0 fully saturated rings. The minimum Gasteiger partial charge on any atom is -0.466 e. The van der Waals surface area contributed by atoms with E-state index < -0.39 is 11.9 Å². The van der Waals surface area contributed by atoms with E-state index in [0.29, 0.717) is 5.69 Å². The predicted molar refractivity (Wildman–Crippen MR) is 57.7 cm³/mol. The fourth-order valence-corrected chi connectivity index (χ4v) is 1.41. The van der Waals surface area contributed by atoms with Crippen molar-refractivity contribution in [2.24, 2.45) is 0 Å². The summed E-state index contributed by atoms with van der Waals surface area (Å²) in [6, 6.07) is 0. The highest BCUT2D eigenvalue weighted by molar-refractivity contribution is 7.71. The van der Waals surface area contributed by atoms with Gasteiger partial charge >= 0.3 is 11.9 Å². The van der Waals surface area contributed by atoms with Crippen molar-refractivity contribution in [3.05, 3.63) is 16.2 Å². The summed E-state index contributed by atoms with van der Waals surface area (Å²) in [4.78, 5) is 27.9. The Kier molecular flexibility index (Phi) is 4.24. The highest BCUT2D eigenvalue weighted by Crippen LogP contribution is 2.07. The summed E-state index contributed by atoms with van der Waals surface area (Å²) in [5.41, 5.74) is 0.524. The van der Waals surface area contributed by atoms with Crippen molar-refractivity contribution in [1.29, 1.82) is 0 Å². The summed E-state index contributed by atoms with van der Waals surface area (Å²) in [7, 11) is 1.25. The van der Waals surface area contributed by atoms with Crippen molar-refractivity contribution in [2.75, 3.05) is 13.7 Å². The molecule has 1 rings (SSSR count). The molecule has 0 spiro atoms. The van der Waals surface area contributed by atoms with E-state index in [1.807, 2.05) is 0 Å². The van der Waals surface area contributed by atoms with E-state index in [1.54, 1.807) is 6.92 Å². The van der Waals surface area contributed by atoms with Gasteiger partial charge in [-0.15, -0.1) is 0 Å². The maximum atomic E-state index is 11.3. The molecule has 0 atom stereocenters. The summed E-state index contributed by atoms with van der Waals surface area (Å²) in [5.74, 6) is -1.01. The van der Waals surface area contributed by atoms with E-state index in [1.165, 1.54) is 7.11 Å². The third-order valence-electron chi connectivity index (χ3n) is 1.82. The van der Waals surface area contributed by atoms with E-state index in [0.717, 1.165) is 0 Å². The first-order valence-corrected chi connectivity index (χ1v) is 5.04. The zero-order valence-electron chi connectivity index (χ0n) is 8.96. The van der Waals surface area contributed by atoms with Gasteiger partial charge < -0.3 is 19.4 Å². The number of ether oxygens (including phenoxy) is 2. The standard InChI is InChI=1S/C9H12N2O4S/c1-3-15-6(12)4-5-7(8(13)14-2)11-9(16)10-5/h3-4H2,1-2H3,(H2,10,11,16). The molecule has 88 valence electrons. The average Bonchev–Trinajstić information content (AvgIpc) is 2.58. The van der Waals surface area contributed by atoms with Crippen LogP contribution in [0.1, 0.15) is 23.1 Å². The number of H-pyrrole nitrogens is 2. The Labute approximate surface area is 97.0 Å². The molecule has 0 unspecified atom stereocenters. The van der Waals surface area contributed by atoms with Crippen molar-refractivity contribution in [3.8, 4) is 0 Å². The number of nitrogens with one attached hydrogen (secondary N) is 2. The zero-order chi connectivity index (χ0) is 12.1.